The standard InChI is InChI=1S/C16H24ClNO/c1-11(2)16(14-5-3-4-6-15(14)17)18-12-7-9-13(19)10-8-12/h3-6,11-13,16,18-19H,7-10H2,1-2H3. The van der Waals surface area contributed by atoms with Crippen LogP contribution in [0.25, 0.3) is 0 Å². The van der Waals surface area contributed by atoms with Crippen molar-refractivity contribution in [2.24, 2.45) is 5.92 Å². The van der Waals surface area contributed by atoms with Gasteiger partial charge in [-0.25, -0.2) is 0 Å². The fraction of sp³-hybridized carbons (Fsp3) is 0.625. The fourth-order valence-electron chi connectivity index (χ4n) is 2.87. The molecule has 2 rings (SSSR count). The third-order valence-electron chi connectivity index (χ3n) is 4.02. The summed E-state index contributed by atoms with van der Waals surface area (Å²) in [6, 6.07) is 8.86. The molecule has 0 bridgehead atoms. The zero-order chi connectivity index (χ0) is 13.8. The van der Waals surface area contributed by atoms with Crippen LogP contribution in [0, 0.1) is 5.92 Å². The lowest BCUT2D eigenvalue weighted by Crippen LogP contribution is -2.39. The SMILES string of the molecule is CC(C)C(NC1CCC(O)CC1)c1ccccc1Cl. The normalized spacial score (nSPS) is 25.5. The van der Waals surface area contributed by atoms with E-state index in [0.29, 0.717) is 12.0 Å². The Labute approximate surface area is 121 Å². The molecule has 0 amide bonds. The quantitative estimate of drug-likeness (QED) is 0.876. The summed E-state index contributed by atoms with van der Waals surface area (Å²) < 4.78 is 0. The molecule has 0 saturated heterocycles. The van der Waals surface area contributed by atoms with Crippen LogP contribution in [0.15, 0.2) is 24.3 Å². The predicted octanol–water partition coefficient (Wildman–Crippen LogP) is 3.93. The summed E-state index contributed by atoms with van der Waals surface area (Å²) in [6.07, 6.45) is 3.82. The number of benzene rings is 1. The minimum Gasteiger partial charge on any atom is -0.393 e. The second kappa shape index (κ2) is 6.74. The highest BCUT2D eigenvalue weighted by Gasteiger charge is 2.25. The van der Waals surface area contributed by atoms with Gasteiger partial charge in [0.2, 0.25) is 0 Å². The lowest BCUT2D eigenvalue weighted by molar-refractivity contribution is 0.112. The van der Waals surface area contributed by atoms with Gasteiger partial charge in [0.05, 0.1) is 6.10 Å². The van der Waals surface area contributed by atoms with Gasteiger partial charge in [0.15, 0.2) is 0 Å². The molecule has 0 radical (unpaired) electrons. The maximum absolute atomic E-state index is 9.58. The van der Waals surface area contributed by atoms with E-state index in [0.717, 1.165) is 30.7 Å². The molecule has 0 aliphatic heterocycles. The summed E-state index contributed by atoms with van der Waals surface area (Å²) in [5, 5.41) is 14.2. The molecule has 1 atom stereocenters. The number of aliphatic hydroxyl groups is 1. The van der Waals surface area contributed by atoms with Gasteiger partial charge in [-0.15, -0.1) is 0 Å². The molecule has 1 saturated carbocycles. The highest BCUT2D eigenvalue weighted by Crippen LogP contribution is 2.30. The Kier molecular flexibility index (Phi) is 5.26. The van der Waals surface area contributed by atoms with E-state index in [4.69, 9.17) is 11.6 Å². The van der Waals surface area contributed by atoms with E-state index < -0.39 is 0 Å². The van der Waals surface area contributed by atoms with Crippen molar-refractivity contribution < 1.29 is 5.11 Å². The Morgan fingerprint density at radius 1 is 1.16 bits per heavy atom. The van der Waals surface area contributed by atoms with Crippen LogP contribution in [0.3, 0.4) is 0 Å². The third kappa shape index (κ3) is 3.95. The molecular weight excluding hydrogens is 258 g/mol. The van der Waals surface area contributed by atoms with Gasteiger partial charge < -0.3 is 10.4 Å². The van der Waals surface area contributed by atoms with Crippen molar-refractivity contribution in [3.8, 4) is 0 Å². The monoisotopic (exact) mass is 281 g/mol. The van der Waals surface area contributed by atoms with Gasteiger partial charge in [0, 0.05) is 17.1 Å². The Bertz CT molecular complexity index is 399. The van der Waals surface area contributed by atoms with Crippen LogP contribution in [-0.2, 0) is 0 Å². The third-order valence-corrected chi connectivity index (χ3v) is 4.36. The smallest absolute Gasteiger partial charge is 0.0541 e. The van der Waals surface area contributed by atoms with Gasteiger partial charge in [-0.2, -0.15) is 0 Å². The molecule has 1 aromatic carbocycles. The average Bonchev–Trinajstić information content (AvgIpc) is 2.39. The van der Waals surface area contributed by atoms with Crippen LogP contribution in [0.5, 0.6) is 0 Å². The fourth-order valence-corrected chi connectivity index (χ4v) is 3.12. The highest BCUT2D eigenvalue weighted by atomic mass is 35.5. The topological polar surface area (TPSA) is 32.3 Å². The summed E-state index contributed by atoms with van der Waals surface area (Å²) in [4.78, 5) is 0. The molecule has 1 aliphatic rings. The lowest BCUT2D eigenvalue weighted by atomic mass is 9.89. The highest BCUT2D eigenvalue weighted by molar-refractivity contribution is 6.31. The van der Waals surface area contributed by atoms with E-state index in [1.54, 1.807) is 0 Å². The van der Waals surface area contributed by atoms with Gasteiger partial charge in [0.25, 0.3) is 0 Å². The Hall–Kier alpha value is -0.570. The molecule has 1 aliphatic carbocycles. The molecule has 0 heterocycles. The van der Waals surface area contributed by atoms with Crippen molar-refractivity contribution in [3.63, 3.8) is 0 Å². The molecule has 2 N–H and O–H groups in total. The molecule has 106 valence electrons. The molecule has 1 unspecified atom stereocenters. The van der Waals surface area contributed by atoms with Gasteiger partial charge in [-0.3, -0.25) is 0 Å². The number of hydrogen-bond acceptors (Lipinski definition) is 2. The Balaban J connectivity index is 2.07. The maximum atomic E-state index is 9.58. The summed E-state index contributed by atoms with van der Waals surface area (Å²) in [7, 11) is 0. The van der Waals surface area contributed by atoms with Crippen molar-refractivity contribution in [3.05, 3.63) is 34.9 Å². The van der Waals surface area contributed by atoms with Crippen LogP contribution in [0.1, 0.15) is 51.1 Å². The summed E-state index contributed by atoms with van der Waals surface area (Å²) in [6.45, 7) is 4.44. The maximum Gasteiger partial charge on any atom is 0.0541 e. The molecule has 3 heteroatoms. The predicted molar refractivity (Wildman–Crippen MR) is 80.4 cm³/mol. The van der Waals surface area contributed by atoms with Crippen LogP contribution in [0.4, 0.5) is 0 Å². The van der Waals surface area contributed by atoms with Gasteiger partial charge in [0.1, 0.15) is 0 Å². The van der Waals surface area contributed by atoms with Crippen molar-refractivity contribution >= 4 is 11.6 Å². The Morgan fingerprint density at radius 3 is 2.37 bits per heavy atom. The molecule has 0 aromatic heterocycles. The van der Waals surface area contributed by atoms with E-state index in [1.807, 2.05) is 18.2 Å². The van der Waals surface area contributed by atoms with E-state index in [1.165, 1.54) is 5.56 Å². The van der Waals surface area contributed by atoms with Gasteiger partial charge in [-0.05, 0) is 43.2 Å². The minimum atomic E-state index is -0.101. The molecular formula is C16H24ClNO. The van der Waals surface area contributed by atoms with Crippen LogP contribution >= 0.6 is 11.6 Å². The van der Waals surface area contributed by atoms with Crippen LogP contribution in [-0.4, -0.2) is 17.3 Å². The van der Waals surface area contributed by atoms with Crippen molar-refractivity contribution in [2.45, 2.75) is 57.7 Å². The molecule has 1 aromatic rings. The number of aliphatic hydroxyl groups excluding tert-OH is 1. The van der Waals surface area contributed by atoms with Crippen molar-refractivity contribution in [2.75, 3.05) is 0 Å². The zero-order valence-electron chi connectivity index (χ0n) is 11.8. The molecule has 0 spiro atoms. The zero-order valence-corrected chi connectivity index (χ0v) is 12.5. The molecule has 2 nitrogen and oxygen atoms in total. The Morgan fingerprint density at radius 2 is 1.79 bits per heavy atom. The lowest BCUT2D eigenvalue weighted by Gasteiger charge is -2.33. The summed E-state index contributed by atoms with van der Waals surface area (Å²) >= 11 is 6.32. The number of halogens is 1. The first-order valence-corrected chi connectivity index (χ1v) is 7.64. The molecule has 1 fully saturated rings. The summed E-state index contributed by atoms with van der Waals surface area (Å²) in [5.74, 6) is 0.492. The number of hydrogen-bond donors (Lipinski definition) is 2. The average molecular weight is 282 g/mol. The second-order valence-electron chi connectivity index (χ2n) is 5.92. The first-order valence-electron chi connectivity index (χ1n) is 7.26. The van der Waals surface area contributed by atoms with Crippen molar-refractivity contribution in [1.29, 1.82) is 0 Å². The summed E-state index contributed by atoms with van der Waals surface area (Å²) in [5.41, 5.74) is 1.19. The van der Waals surface area contributed by atoms with E-state index in [2.05, 4.69) is 25.2 Å². The van der Waals surface area contributed by atoms with E-state index >= 15 is 0 Å². The molecule has 19 heavy (non-hydrogen) atoms. The van der Waals surface area contributed by atoms with E-state index in [9.17, 15) is 5.11 Å². The van der Waals surface area contributed by atoms with Crippen molar-refractivity contribution in [1.82, 2.24) is 5.32 Å². The largest absolute Gasteiger partial charge is 0.393 e. The first kappa shape index (κ1) is 14.8. The van der Waals surface area contributed by atoms with Crippen LogP contribution < -0.4 is 5.32 Å². The van der Waals surface area contributed by atoms with Gasteiger partial charge >= 0.3 is 0 Å². The van der Waals surface area contributed by atoms with E-state index in [-0.39, 0.29) is 12.1 Å². The number of nitrogens with one attached hydrogen (secondary N) is 1. The first-order chi connectivity index (χ1) is 9.08. The minimum absolute atomic E-state index is 0.101. The second-order valence-corrected chi connectivity index (χ2v) is 6.32. The number of rotatable bonds is 4. The van der Waals surface area contributed by atoms with Crippen LogP contribution in [0.2, 0.25) is 5.02 Å². The van der Waals surface area contributed by atoms with Gasteiger partial charge in [-0.1, -0.05) is 43.6 Å².